The molecule has 0 aliphatic carbocycles. The second-order valence-corrected chi connectivity index (χ2v) is 32.9. The summed E-state index contributed by atoms with van der Waals surface area (Å²) in [5, 5.41) is 6.55. The fourth-order valence-corrected chi connectivity index (χ4v) is 21.5. The number of fused-ring (bicyclic) bond motifs is 16. The summed E-state index contributed by atoms with van der Waals surface area (Å²) in [6, 6.07) is 118. The van der Waals surface area contributed by atoms with Crippen LogP contribution in [0.3, 0.4) is 0 Å². The van der Waals surface area contributed by atoms with Crippen LogP contribution in [0.15, 0.2) is 322 Å². The Morgan fingerprint density at radius 1 is 0.292 bits per heavy atom. The third-order valence-corrected chi connectivity index (χ3v) is 26.1. The summed E-state index contributed by atoms with van der Waals surface area (Å²) in [5.41, 5.74) is 31.5. The zero-order valence-electron chi connectivity index (χ0n) is 62.6. The van der Waals surface area contributed by atoms with Gasteiger partial charge in [-0.05, 0) is 200 Å². The normalized spacial score (nSPS) is 13.2. The van der Waals surface area contributed by atoms with Gasteiger partial charge in [-0.25, -0.2) is 0 Å². The second kappa shape index (κ2) is 25.3. The Morgan fingerprint density at radius 2 is 0.735 bits per heavy atom. The number of aryl methyl sites for hydroxylation is 5. The average molecular weight is 1490 g/mol. The highest BCUT2D eigenvalue weighted by Gasteiger charge is 2.51. The summed E-state index contributed by atoms with van der Waals surface area (Å²) < 4.78 is 28.2. The minimum atomic E-state index is -0.377. The van der Waals surface area contributed by atoms with Crippen LogP contribution in [0.5, 0.6) is 34.5 Å². The molecule has 0 spiro atoms. The monoisotopic (exact) mass is 1490 g/mol. The van der Waals surface area contributed by atoms with Gasteiger partial charge in [-0.2, -0.15) is 0 Å². The van der Waals surface area contributed by atoms with Crippen LogP contribution < -0.4 is 91.8 Å². The van der Waals surface area contributed by atoms with Gasteiger partial charge in [-0.15, -0.1) is 22.7 Å². The molecule has 0 saturated heterocycles. The van der Waals surface area contributed by atoms with Gasteiger partial charge in [0, 0.05) is 134 Å². The molecule has 2 aromatic heterocycles. The van der Waals surface area contributed by atoms with Gasteiger partial charge >= 0.3 is 0 Å². The van der Waals surface area contributed by atoms with Crippen molar-refractivity contribution in [2.75, 3.05) is 29.8 Å². The number of anilines is 17. The lowest BCUT2D eigenvalue weighted by atomic mass is 9.31. The van der Waals surface area contributed by atoms with Crippen molar-refractivity contribution in [1.29, 1.82) is 0 Å². The van der Waals surface area contributed by atoms with E-state index in [4.69, 9.17) is 14.2 Å². The van der Waals surface area contributed by atoms with Crippen molar-refractivity contribution in [3.63, 3.8) is 0 Å². The molecule has 6 aliphatic rings. The number of thiophene rings is 2. The van der Waals surface area contributed by atoms with Gasteiger partial charge in [0.1, 0.15) is 34.5 Å². The smallest absolute Gasteiger partial charge is 0.268 e. The molecule has 534 valence electrons. The molecular formula is C99H69B3N6O3S2. The van der Waals surface area contributed by atoms with Crippen molar-refractivity contribution in [3.8, 4) is 34.5 Å². The Morgan fingerprint density at radius 3 is 1.30 bits per heavy atom. The van der Waals surface area contributed by atoms with E-state index in [2.05, 4.69) is 386 Å². The quantitative estimate of drug-likeness (QED) is 0.128. The van der Waals surface area contributed by atoms with E-state index < -0.39 is 0 Å². The molecule has 0 radical (unpaired) electrons. The highest BCUT2D eigenvalue weighted by atomic mass is 32.1. The minimum Gasteiger partial charge on any atom is -0.458 e. The number of nitrogens with one attached hydrogen (secondary N) is 1. The highest BCUT2D eigenvalue weighted by molar-refractivity contribution is 7.34. The summed E-state index contributed by atoms with van der Waals surface area (Å²) in [5.74, 6) is 4.74. The molecule has 0 saturated carbocycles. The molecule has 0 fully saturated rings. The van der Waals surface area contributed by atoms with Crippen molar-refractivity contribution >= 4 is 207 Å². The van der Waals surface area contributed by atoms with Gasteiger partial charge < -0.3 is 44.0 Å². The number of hydrogen-bond donors (Lipinski definition) is 1. The van der Waals surface area contributed by atoms with Crippen LogP contribution in [0.1, 0.15) is 27.8 Å². The van der Waals surface area contributed by atoms with Crippen LogP contribution in [0.2, 0.25) is 0 Å². The Balaban J connectivity index is 0.791. The molecule has 0 unspecified atom stereocenters. The standard InChI is InChI=1S/C99H69B3N6O3S2/c1-59-39-43-69(44-40-59)106(70-45-41-60(2)42-46-70)71-49-81-92-83(50-71)107(68-33-19-10-20-34-68)96-74-35-21-23-37-90(74)112-98(96)101(92)76-55-78-85(57-80(76)103-81)109-88-53-73(105(66-29-15-8-16-30-66)67-31-17-9-18-32-67)54-89-94(88)100(78)79-56-77-82(58-86(79)110-89)108(95-62(4)47-61(3)48-63(95)5)84-51-72(104(64-25-11-6-12-26-64)65-27-13-7-14-28-65)52-87-93(84)102(77)99-97(111-87)75-36-22-24-38-91(75)113-99/h6-58,103H,1-5H3. The zero-order chi connectivity index (χ0) is 75.0. The first-order valence-electron chi connectivity index (χ1n) is 38.8. The first-order chi connectivity index (χ1) is 55.6. The number of rotatable bonds is 11. The lowest BCUT2D eigenvalue weighted by Gasteiger charge is -2.43. The van der Waals surface area contributed by atoms with Crippen LogP contribution in [0, 0.1) is 34.6 Å². The summed E-state index contributed by atoms with van der Waals surface area (Å²) >= 11 is 3.75. The number of nitrogens with zero attached hydrogens (tertiary/aromatic N) is 5. The van der Waals surface area contributed by atoms with E-state index in [0.717, 1.165) is 164 Å². The second-order valence-electron chi connectivity index (χ2n) is 30.7. The van der Waals surface area contributed by atoms with Crippen LogP contribution >= 0.6 is 22.7 Å². The van der Waals surface area contributed by atoms with Crippen LogP contribution in [0.4, 0.5) is 96.7 Å². The SMILES string of the molecule is Cc1ccc(N(c2ccc(C)cc2)c2cc3c4c(c2)N(c2ccccc2)c2c(sc5ccccc25)B4c2cc4c(cc2N3)Oc2cc(N(c3ccccc3)c3ccccc3)cc3c2B4c2cc4c(cc2O3)N(c2c(C)cc(C)cc2C)c2cc(N(c3ccccc3)c3ccccc3)cc3c2B4c2sc4ccccc4c2O3)cc1. The molecule has 1 N–H and O–H groups in total. The third kappa shape index (κ3) is 10.2. The maximum atomic E-state index is 7.90. The lowest BCUT2D eigenvalue weighted by Crippen LogP contribution is -2.64. The summed E-state index contributed by atoms with van der Waals surface area (Å²) in [6.07, 6.45) is 0. The van der Waals surface area contributed by atoms with Crippen LogP contribution in [-0.2, 0) is 0 Å². The summed E-state index contributed by atoms with van der Waals surface area (Å²) in [7, 11) is 0. The zero-order valence-corrected chi connectivity index (χ0v) is 64.2. The molecule has 6 aliphatic heterocycles. The first kappa shape index (κ1) is 65.5. The highest BCUT2D eigenvalue weighted by Crippen LogP contribution is 2.54. The first-order valence-corrected chi connectivity index (χ1v) is 40.4. The van der Waals surface area contributed by atoms with Crippen molar-refractivity contribution in [2.24, 2.45) is 0 Å². The molecule has 23 rings (SSSR count). The van der Waals surface area contributed by atoms with E-state index in [0.29, 0.717) is 0 Å². The molecule has 0 amide bonds. The van der Waals surface area contributed by atoms with Gasteiger partial charge in [0.2, 0.25) is 0 Å². The fraction of sp³-hybridized carbons (Fsp3) is 0.0505. The van der Waals surface area contributed by atoms with E-state index in [-0.39, 0.29) is 20.1 Å². The largest absolute Gasteiger partial charge is 0.458 e. The molecule has 14 heteroatoms. The molecule has 17 aromatic rings. The van der Waals surface area contributed by atoms with Crippen LogP contribution in [-0.4, -0.2) is 20.1 Å². The topological polar surface area (TPSA) is 55.9 Å². The van der Waals surface area contributed by atoms with Crippen molar-refractivity contribution in [3.05, 3.63) is 349 Å². The van der Waals surface area contributed by atoms with E-state index >= 15 is 0 Å². The predicted molar refractivity (Wildman–Crippen MR) is 478 cm³/mol. The predicted octanol–water partition coefficient (Wildman–Crippen LogP) is 21.6. The number of ether oxygens (including phenoxy) is 3. The molecule has 113 heavy (non-hydrogen) atoms. The van der Waals surface area contributed by atoms with Crippen molar-refractivity contribution in [2.45, 2.75) is 34.6 Å². The van der Waals surface area contributed by atoms with Crippen molar-refractivity contribution in [1.82, 2.24) is 0 Å². The fourth-order valence-electron chi connectivity index (χ4n) is 19.0. The molecule has 15 aromatic carbocycles. The van der Waals surface area contributed by atoms with Gasteiger partial charge in [0.15, 0.2) is 0 Å². The van der Waals surface area contributed by atoms with E-state index in [1.165, 1.54) is 63.1 Å². The maximum absolute atomic E-state index is 7.90. The Bertz CT molecular complexity index is 6660. The summed E-state index contributed by atoms with van der Waals surface area (Å²) in [6.45, 7) is 10.2. The number of hydrogen-bond acceptors (Lipinski definition) is 11. The third-order valence-electron chi connectivity index (χ3n) is 23.6. The Labute approximate surface area is 665 Å². The van der Waals surface area contributed by atoms with E-state index in [1.807, 2.05) is 22.7 Å². The maximum Gasteiger partial charge on any atom is 0.268 e. The van der Waals surface area contributed by atoms with E-state index in [1.54, 1.807) is 0 Å². The number of para-hydroxylation sites is 5. The summed E-state index contributed by atoms with van der Waals surface area (Å²) in [4.78, 5) is 12.2. The molecule has 9 nitrogen and oxygen atoms in total. The number of benzene rings is 15. The molecule has 0 bridgehead atoms. The van der Waals surface area contributed by atoms with Gasteiger partial charge in [-0.1, -0.05) is 187 Å². The average Bonchev–Trinajstić information content (AvgIpc) is 1.50. The van der Waals surface area contributed by atoms with Gasteiger partial charge in [-0.3, -0.25) is 0 Å². The Hall–Kier alpha value is -13.4. The van der Waals surface area contributed by atoms with Crippen molar-refractivity contribution < 1.29 is 14.2 Å². The minimum absolute atomic E-state index is 0.200. The van der Waals surface area contributed by atoms with Gasteiger partial charge in [0.25, 0.3) is 20.1 Å². The Kier molecular flexibility index (Phi) is 14.7. The lowest BCUT2D eigenvalue weighted by molar-refractivity contribution is 0.465. The molecule has 0 atom stereocenters. The molecular weight excluding hydrogens is 1420 g/mol. The molecule has 8 heterocycles. The van der Waals surface area contributed by atoms with Gasteiger partial charge in [0.05, 0.1) is 28.4 Å². The van der Waals surface area contributed by atoms with Crippen LogP contribution in [0.25, 0.3) is 20.2 Å². The van der Waals surface area contributed by atoms with E-state index in [9.17, 15) is 0 Å².